The Kier molecular flexibility index (Phi) is 7.82. The number of piperidine rings is 1. The monoisotopic (exact) mass is 628 g/mol. The summed E-state index contributed by atoms with van der Waals surface area (Å²) in [6.07, 6.45) is 0. The zero-order valence-corrected chi connectivity index (χ0v) is 26.2. The van der Waals surface area contributed by atoms with Gasteiger partial charge >= 0.3 is 0 Å². The molecule has 1 aliphatic heterocycles. The van der Waals surface area contributed by atoms with Gasteiger partial charge in [-0.25, -0.2) is 9.36 Å². The highest BCUT2D eigenvalue weighted by Crippen LogP contribution is 2.41. The van der Waals surface area contributed by atoms with Crippen LogP contribution in [0.4, 0.5) is 11.4 Å². The minimum Gasteiger partial charge on any atom is -0.319 e. The van der Waals surface area contributed by atoms with Gasteiger partial charge in [0.05, 0.1) is 28.8 Å². The summed E-state index contributed by atoms with van der Waals surface area (Å²) in [6, 6.07) is 28.4. The molecule has 3 aromatic carbocycles. The molecule has 0 radical (unpaired) electrons. The fourth-order valence-electron chi connectivity index (χ4n) is 6.35. The lowest BCUT2D eigenvalue weighted by atomic mass is 9.72. The van der Waals surface area contributed by atoms with Gasteiger partial charge in [0.2, 0.25) is 5.91 Å². The van der Waals surface area contributed by atoms with Crippen molar-refractivity contribution in [3.8, 4) is 17.4 Å². The van der Waals surface area contributed by atoms with Crippen LogP contribution < -0.4 is 21.3 Å². The third-order valence-corrected chi connectivity index (χ3v) is 8.90. The van der Waals surface area contributed by atoms with Crippen molar-refractivity contribution in [2.24, 2.45) is 25.9 Å². The van der Waals surface area contributed by atoms with Crippen LogP contribution in [0.5, 0.6) is 0 Å². The van der Waals surface area contributed by atoms with Gasteiger partial charge in [-0.1, -0.05) is 66.7 Å². The second-order valence-corrected chi connectivity index (χ2v) is 11.4. The minimum absolute atomic E-state index is 0.000229. The normalized spacial score (nSPS) is 17.9. The second kappa shape index (κ2) is 11.9. The topological polar surface area (TPSA) is 151 Å². The number of nitriles is 1. The smallest absolute Gasteiger partial charge is 0.296 e. The zero-order chi connectivity index (χ0) is 33.6. The van der Waals surface area contributed by atoms with Crippen molar-refractivity contribution in [1.29, 1.82) is 10.7 Å². The molecule has 6 rings (SSSR count). The molecular weight excluding hydrogens is 596 g/mol. The zero-order valence-electron chi connectivity index (χ0n) is 26.2. The Morgan fingerprint density at radius 3 is 1.79 bits per heavy atom. The first-order valence-corrected chi connectivity index (χ1v) is 14.9. The number of benzene rings is 3. The summed E-state index contributed by atoms with van der Waals surface area (Å²) in [6.45, 7) is 3.32. The Bertz CT molecular complexity index is 2190. The summed E-state index contributed by atoms with van der Waals surface area (Å²) in [5.41, 5.74) is 1.23. The summed E-state index contributed by atoms with van der Waals surface area (Å²) in [5, 5.41) is 22.5. The number of hydrogen-bond acceptors (Lipinski definition) is 6. The van der Waals surface area contributed by atoms with Crippen LogP contribution in [-0.2, 0) is 23.7 Å². The van der Waals surface area contributed by atoms with E-state index in [4.69, 9.17) is 0 Å². The van der Waals surface area contributed by atoms with Gasteiger partial charge in [-0.3, -0.25) is 38.9 Å². The van der Waals surface area contributed by atoms with Crippen LogP contribution in [0.1, 0.15) is 22.9 Å². The van der Waals surface area contributed by atoms with Gasteiger partial charge in [0.25, 0.3) is 17.0 Å². The number of nitrogens with zero attached hydrogens (tertiary/aromatic N) is 6. The molecule has 47 heavy (non-hydrogen) atoms. The summed E-state index contributed by atoms with van der Waals surface area (Å²) in [7, 11) is 3.34. The number of amidine groups is 1. The number of carbonyl (C=O) groups excluding carboxylic acids is 2. The number of para-hydroxylation sites is 2. The molecule has 0 spiro atoms. The number of anilines is 2. The molecule has 2 aromatic heterocycles. The molecule has 5 aromatic rings. The maximum Gasteiger partial charge on any atom is 0.296 e. The van der Waals surface area contributed by atoms with Crippen LogP contribution in [0.25, 0.3) is 11.4 Å². The highest BCUT2D eigenvalue weighted by Gasteiger charge is 2.52. The van der Waals surface area contributed by atoms with Crippen molar-refractivity contribution in [2.45, 2.75) is 19.8 Å². The van der Waals surface area contributed by atoms with E-state index < -0.39 is 46.5 Å². The minimum atomic E-state index is -1.43. The van der Waals surface area contributed by atoms with Gasteiger partial charge in [-0.15, -0.1) is 0 Å². The lowest BCUT2D eigenvalue weighted by Gasteiger charge is -2.40. The van der Waals surface area contributed by atoms with Crippen molar-refractivity contribution in [3.05, 3.63) is 129 Å². The quantitative estimate of drug-likeness (QED) is 0.293. The maximum atomic E-state index is 14.4. The van der Waals surface area contributed by atoms with Gasteiger partial charge in [0.1, 0.15) is 29.0 Å². The van der Waals surface area contributed by atoms with Crippen molar-refractivity contribution in [2.75, 3.05) is 10.2 Å². The molecule has 1 saturated heterocycles. The largest absolute Gasteiger partial charge is 0.319 e. The molecule has 0 aliphatic carbocycles. The van der Waals surface area contributed by atoms with E-state index in [1.807, 2.05) is 12.1 Å². The number of aromatic nitrogens is 4. The first-order chi connectivity index (χ1) is 22.6. The molecule has 3 heterocycles. The summed E-state index contributed by atoms with van der Waals surface area (Å²) >= 11 is 0. The SMILES string of the molecule is Cc1c(NC(=O)C2C(=N)N(c3c(C)n(C)n(-c4ccccc4)c3=O)C(=O)C(C#N)C2c2ccccc2)c(=O)n(-c2ccccc2)n1C. The third-order valence-electron chi connectivity index (χ3n) is 8.90. The molecule has 0 saturated carbocycles. The van der Waals surface area contributed by atoms with E-state index in [1.54, 1.807) is 116 Å². The first-order valence-electron chi connectivity index (χ1n) is 14.9. The molecule has 236 valence electrons. The molecule has 3 atom stereocenters. The highest BCUT2D eigenvalue weighted by atomic mass is 16.2. The Labute approximate surface area is 269 Å². The number of amides is 2. The second-order valence-electron chi connectivity index (χ2n) is 11.4. The Balaban J connectivity index is 1.50. The fourth-order valence-corrected chi connectivity index (χ4v) is 6.35. The predicted octanol–water partition coefficient (Wildman–Crippen LogP) is 3.78. The van der Waals surface area contributed by atoms with Gasteiger partial charge in [0.15, 0.2) is 0 Å². The van der Waals surface area contributed by atoms with Gasteiger partial charge < -0.3 is 5.32 Å². The van der Waals surface area contributed by atoms with Crippen LogP contribution >= 0.6 is 0 Å². The molecule has 3 unspecified atom stereocenters. The first kappa shape index (κ1) is 30.8. The molecule has 12 heteroatoms. The average Bonchev–Trinajstić information content (AvgIpc) is 3.43. The number of hydrogen-bond donors (Lipinski definition) is 2. The average molecular weight is 629 g/mol. The van der Waals surface area contributed by atoms with E-state index >= 15 is 0 Å². The number of rotatable bonds is 6. The molecule has 1 aliphatic rings. The highest BCUT2D eigenvalue weighted by molar-refractivity contribution is 6.26. The number of carbonyl (C=O) groups is 2. The van der Waals surface area contributed by atoms with Crippen molar-refractivity contribution in [3.63, 3.8) is 0 Å². The van der Waals surface area contributed by atoms with Crippen LogP contribution in [-0.4, -0.2) is 36.4 Å². The summed E-state index contributed by atoms with van der Waals surface area (Å²) < 4.78 is 5.96. The van der Waals surface area contributed by atoms with E-state index in [9.17, 15) is 29.8 Å². The molecule has 12 nitrogen and oxygen atoms in total. The van der Waals surface area contributed by atoms with E-state index in [0.717, 1.165) is 4.90 Å². The Hall–Kier alpha value is -6.22. The van der Waals surface area contributed by atoms with E-state index in [-0.39, 0.29) is 11.4 Å². The third kappa shape index (κ3) is 4.89. The van der Waals surface area contributed by atoms with Crippen LogP contribution in [0.15, 0.2) is 101 Å². The van der Waals surface area contributed by atoms with Gasteiger partial charge in [-0.05, 0) is 43.7 Å². The summed E-state index contributed by atoms with van der Waals surface area (Å²) in [5.74, 6) is -5.94. The van der Waals surface area contributed by atoms with Gasteiger partial charge in [0, 0.05) is 20.0 Å². The fraction of sp³-hybridized carbons (Fsp3) is 0.200. The Morgan fingerprint density at radius 2 is 1.26 bits per heavy atom. The van der Waals surface area contributed by atoms with E-state index in [2.05, 4.69) is 11.4 Å². The van der Waals surface area contributed by atoms with Gasteiger partial charge in [-0.2, -0.15) is 5.26 Å². The molecule has 1 fully saturated rings. The number of nitrogens with one attached hydrogen (secondary N) is 2. The molecule has 0 bridgehead atoms. The predicted molar refractivity (Wildman–Crippen MR) is 177 cm³/mol. The summed E-state index contributed by atoms with van der Waals surface area (Å²) in [4.78, 5) is 57.1. The van der Waals surface area contributed by atoms with E-state index in [0.29, 0.717) is 28.3 Å². The lowest BCUT2D eigenvalue weighted by molar-refractivity contribution is -0.123. The standard InChI is InChI=1S/C35H32N8O4/c1-21-29(34(46)42(39(21)3)24-16-10-6-11-17-24)38-32(44)28-27(23-14-8-5-9-15-23)26(20-36)33(45)41(31(28)37)30-22(2)40(4)43(35(30)47)25-18-12-7-13-19-25/h5-19,26-28,37H,1-4H3,(H,38,44). The lowest BCUT2D eigenvalue weighted by Crippen LogP contribution is -2.57. The van der Waals surface area contributed by atoms with Crippen LogP contribution in [0.3, 0.4) is 0 Å². The van der Waals surface area contributed by atoms with Crippen molar-refractivity contribution >= 4 is 29.0 Å². The molecule has 2 N–H and O–H groups in total. The molecular formula is C35H32N8O4. The molecule has 2 amide bonds. The van der Waals surface area contributed by atoms with Crippen molar-refractivity contribution < 1.29 is 9.59 Å². The Morgan fingerprint density at radius 1 is 0.766 bits per heavy atom. The van der Waals surface area contributed by atoms with Crippen LogP contribution in [0, 0.1) is 42.4 Å². The van der Waals surface area contributed by atoms with Crippen molar-refractivity contribution in [1.82, 2.24) is 18.7 Å². The maximum absolute atomic E-state index is 14.4. The van der Waals surface area contributed by atoms with E-state index in [1.165, 1.54) is 9.36 Å². The van der Waals surface area contributed by atoms with Crippen LogP contribution in [0.2, 0.25) is 0 Å².